The Hall–Kier alpha value is -1.54. The summed E-state index contributed by atoms with van der Waals surface area (Å²) in [4.78, 5) is 11.0. The van der Waals surface area contributed by atoms with Gasteiger partial charge in [0.1, 0.15) is 5.76 Å². The van der Waals surface area contributed by atoms with Crippen molar-refractivity contribution in [2.45, 2.75) is 6.92 Å². The molecule has 15 heavy (non-hydrogen) atoms. The predicted octanol–water partition coefficient (Wildman–Crippen LogP) is 3.80. The molecule has 0 amide bonds. The molecular formula is C12H9ClO2. The average molecular weight is 221 g/mol. The fraction of sp³-hybridized carbons (Fsp3) is 0.0833. The van der Waals surface area contributed by atoms with Crippen molar-refractivity contribution in [2.24, 2.45) is 0 Å². The Balaban J connectivity index is 2.37. The molecule has 0 fully saturated rings. The maximum Gasteiger partial charge on any atom is 0.194 e. The zero-order valence-electron chi connectivity index (χ0n) is 8.16. The van der Waals surface area contributed by atoms with Crippen molar-refractivity contribution in [2.75, 3.05) is 0 Å². The first-order chi connectivity index (χ1) is 7.16. The molecule has 0 aliphatic carbocycles. The Morgan fingerprint density at radius 2 is 1.80 bits per heavy atom. The molecule has 0 saturated carbocycles. The molecule has 0 aliphatic heterocycles. The molecule has 2 nitrogen and oxygen atoms in total. The molecule has 0 unspecified atom stereocenters. The summed E-state index contributed by atoms with van der Waals surface area (Å²) in [6, 6.07) is 10.7. The van der Waals surface area contributed by atoms with E-state index in [4.69, 9.17) is 16.0 Å². The summed E-state index contributed by atoms with van der Waals surface area (Å²) in [5.41, 5.74) is 0.909. The van der Waals surface area contributed by atoms with Crippen molar-refractivity contribution >= 4 is 17.4 Å². The largest absolute Gasteiger partial charge is 0.453 e. The predicted molar refractivity (Wildman–Crippen MR) is 59.2 cm³/mol. The minimum atomic E-state index is -0.0739. The Kier molecular flexibility index (Phi) is 2.60. The van der Waals surface area contributed by atoms with Crippen LogP contribution in [0.25, 0.3) is 11.3 Å². The maximum absolute atomic E-state index is 11.0. The van der Waals surface area contributed by atoms with E-state index in [-0.39, 0.29) is 5.78 Å². The van der Waals surface area contributed by atoms with Crippen molar-refractivity contribution in [1.82, 2.24) is 0 Å². The van der Waals surface area contributed by atoms with Gasteiger partial charge in [-0.05, 0) is 36.4 Å². The van der Waals surface area contributed by atoms with Gasteiger partial charge in [-0.3, -0.25) is 4.79 Å². The van der Waals surface area contributed by atoms with Crippen molar-refractivity contribution < 1.29 is 9.21 Å². The van der Waals surface area contributed by atoms with Crippen molar-refractivity contribution in [3.8, 4) is 11.3 Å². The highest BCUT2D eigenvalue weighted by molar-refractivity contribution is 6.30. The highest BCUT2D eigenvalue weighted by Crippen LogP contribution is 2.23. The SMILES string of the molecule is CC(=O)c1ccc(-c2ccc(Cl)cc2)o1. The number of Topliss-reactive ketones (excluding diaryl/α,β-unsaturated/α-hetero) is 1. The van der Waals surface area contributed by atoms with Crippen LogP contribution in [0.5, 0.6) is 0 Å². The quantitative estimate of drug-likeness (QED) is 0.721. The van der Waals surface area contributed by atoms with Crippen molar-refractivity contribution in [3.05, 3.63) is 47.2 Å². The van der Waals surface area contributed by atoms with E-state index in [0.29, 0.717) is 16.5 Å². The summed E-state index contributed by atoms with van der Waals surface area (Å²) in [5, 5.41) is 0.678. The van der Waals surface area contributed by atoms with Gasteiger partial charge in [-0.25, -0.2) is 0 Å². The Labute approximate surface area is 92.5 Å². The van der Waals surface area contributed by atoms with Gasteiger partial charge in [-0.15, -0.1) is 0 Å². The minimum Gasteiger partial charge on any atom is -0.453 e. The summed E-state index contributed by atoms with van der Waals surface area (Å²) < 4.78 is 5.38. The molecule has 2 rings (SSSR count). The zero-order valence-corrected chi connectivity index (χ0v) is 8.91. The second kappa shape index (κ2) is 3.91. The maximum atomic E-state index is 11.0. The van der Waals surface area contributed by atoms with E-state index in [1.807, 2.05) is 12.1 Å². The number of rotatable bonds is 2. The molecule has 0 saturated heterocycles. The first-order valence-electron chi connectivity index (χ1n) is 4.53. The molecule has 1 aromatic carbocycles. The molecule has 0 N–H and O–H groups in total. The monoisotopic (exact) mass is 220 g/mol. The Morgan fingerprint density at radius 1 is 1.13 bits per heavy atom. The Bertz CT molecular complexity index is 483. The number of carbonyl (C=O) groups excluding carboxylic acids is 1. The van der Waals surface area contributed by atoms with E-state index in [2.05, 4.69) is 0 Å². The molecular weight excluding hydrogens is 212 g/mol. The topological polar surface area (TPSA) is 30.2 Å². The van der Waals surface area contributed by atoms with E-state index in [0.717, 1.165) is 5.56 Å². The third-order valence-electron chi connectivity index (χ3n) is 2.08. The number of ketones is 1. The van der Waals surface area contributed by atoms with E-state index in [1.165, 1.54) is 6.92 Å². The van der Waals surface area contributed by atoms with Gasteiger partial charge in [0.25, 0.3) is 0 Å². The van der Waals surface area contributed by atoms with Crippen LogP contribution >= 0.6 is 11.6 Å². The van der Waals surface area contributed by atoms with Gasteiger partial charge in [-0.1, -0.05) is 11.6 Å². The van der Waals surface area contributed by atoms with Crippen LogP contribution in [0, 0.1) is 0 Å². The molecule has 0 spiro atoms. The normalized spacial score (nSPS) is 10.3. The molecule has 3 heteroatoms. The van der Waals surface area contributed by atoms with Gasteiger partial charge in [0.05, 0.1) is 0 Å². The fourth-order valence-electron chi connectivity index (χ4n) is 1.30. The van der Waals surface area contributed by atoms with Gasteiger partial charge in [-0.2, -0.15) is 0 Å². The summed E-state index contributed by atoms with van der Waals surface area (Å²) in [7, 11) is 0. The van der Waals surface area contributed by atoms with Crippen LogP contribution in [-0.4, -0.2) is 5.78 Å². The third-order valence-corrected chi connectivity index (χ3v) is 2.33. The number of halogens is 1. The molecule has 1 aromatic heterocycles. The standard InChI is InChI=1S/C12H9ClO2/c1-8(14)11-6-7-12(15-11)9-2-4-10(13)5-3-9/h2-7H,1H3. The second-order valence-corrected chi connectivity index (χ2v) is 3.66. The van der Waals surface area contributed by atoms with Crippen LogP contribution in [0.3, 0.4) is 0 Å². The summed E-state index contributed by atoms with van der Waals surface area (Å²) in [5.74, 6) is 0.979. The second-order valence-electron chi connectivity index (χ2n) is 3.23. The number of carbonyl (C=O) groups is 1. The first-order valence-corrected chi connectivity index (χ1v) is 4.91. The lowest BCUT2D eigenvalue weighted by atomic mass is 10.2. The summed E-state index contributed by atoms with van der Waals surface area (Å²) in [6.45, 7) is 1.48. The summed E-state index contributed by atoms with van der Waals surface area (Å²) in [6.07, 6.45) is 0. The lowest BCUT2D eigenvalue weighted by Gasteiger charge is -1.96. The lowest BCUT2D eigenvalue weighted by Crippen LogP contribution is -1.85. The number of benzene rings is 1. The van der Waals surface area contributed by atoms with E-state index in [1.54, 1.807) is 24.3 Å². The minimum absolute atomic E-state index is 0.0739. The number of hydrogen-bond acceptors (Lipinski definition) is 2. The highest BCUT2D eigenvalue weighted by atomic mass is 35.5. The van der Waals surface area contributed by atoms with Crippen LogP contribution in [0.4, 0.5) is 0 Å². The van der Waals surface area contributed by atoms with E-state index in [9.17, 15) is 4.79 Å². The molecule has 0 aliphatic rings. The summed E-state index contributed by atoms with van der Waals surface area (Å²) >= 11 is 5.77. The molecule has 0 bridgehead atoms. The van der Waals surface area contributed by atoms with Crippen LogP contribution < -0.4 is 0 Å². The number of hydrogen-bond donors (Lipinski definition) is 0. The van der Waals surface area contributed by atoms with Crippen LogP contribution in [0.2, 0.25) is 5.02 Å². The molecule has 0 radical (unpaired) electrons. The fourth-order valence-corrected chi connectivity index (χ4v) is 1.42. The molecule has 0 atom stereocenters. The highest BCUT2D eigenvalue weighted by Gasteiger charge is 2.07. The van der Waals surface area contributed by atoms with Crippen molar-refractivity contribution in [3.63, 3.8) is 0 Å². The van der Waals surface area contributed by atoms with E-state index < -0.39 is 0 Å². The van der Waals surface area contributed by atoms with Crippen LogP contribution in [0.1, 0.15) is 17.5 Å². The van der Waals surface area contributed by atoms with Crippen LogP contribution in [-0.2, 0) is 0 Å². The Morgan fingerprint density at radius 3 is 2.33 bits per heavy atom. The lowest BCUT2D eigenvalue weighted by molar-refractivity contribution is 0.0988. The third kappa shape index (κ3) is 2.10. The van der Waals surface area contributed by atoms with Gasteiger partial charge >= 0.3 is 0 Å². The average Bonchev–Trinajstić information content (AvgIpc) is 2.68. The van der Waals surface area contributed by atoms with Crippen LogP contribution in [0.15, 0.2) is 40.8 Å². The smallest absolute Gasteiger partial charge is 0.194 e. The van der Waals surface area contributed by atoms with Gasteiger partial charge in [0.15, 0.2) is 11.5 Å². The number of furan rings is 1. The molecule has 76 valence electrons. The van der Waals surface area contributed by atoms with Gasteiger partial charge in [0.2, 0.25) is 0 Å². The van der Waals surface area contributed by atoms with Crippen molar-refractivity contribution in [1.29, 1.82) is 0 Å². The first kappa shape index (κ1) is 9.99. The van der Waals surface area contributed by atoms with E-state index >= 15 is 0 Å². The van der Waals surface area contributed by atoms with Gasteiger partial charge in [0, 0.05) is 17.5 Å². The van der Waals surface area contributed by atoms with Gasteiger partial charge < -0.3 is 4.42 Å². The zero-order chi connectivity index (χ0) is 10.8. The molecule has 2 aromatic rings. The molecule has 1 heterocycles.